The van der Waals surface area contributed by atoms with E-state index in [1.54, 1.807) is 0 Å². The highest BCUT2D eigenvalue weighted by Crippen LogP contribution is 2.49. The van der Waals surface area contributed by atoms with Gasteiger partial charge in [-0.15, -0.1) is 0 Å². The van der Waals surface area contributed by atoms with Gasteiger partial charge in [0.15, 0.2) is 5.52 Å². The minimum atomic E-state index is -0.709. The van der Waals surface area contributed by atoms with Gasteiger partial charge in [0.2, 0.25) is 0 Å². The molecule has 352 valence electrons. The fourth-order valence-corrected chi connectivity index (χ4v) is 11.8. The second kappa shape index (κ2) is 38.0. The second-order valence-electron chi connectivity index (χ2n) is 19.9. The Kier molecular flexibility index (Phi) is 37.0. The van der Waals surface area contributed by atoms with Gasteiger partial charge in [-0.3, -0.25) is 14.4 Å². The van der Waals surface area contributed by atoms with Crippen molar-refractivity contribution >= 4 is 25.4 Å². The maximum atomic E-state index is 14.2. The molecule has 0 heterocycles. The average molecular weight is 862 g/mol. The normalized spacial score (nSPS) is 13.1. The van der Waals surface area contributed by atoms with E-state index in [9.17, 15) is 14.4 Å². The monoisotopic (exact) mass is 862 g/mol. The summed E-state index contributed by atoms with van der Waals surface area (Å²) in [6.45, 7) is 19.7. The van der Waals surface area contributed by atoms with Crippen LogP contribution in [0.5, 0.6) is 0 Å². The van der Waals surface area contributed by atoms with E-state index in [4.69, 9.17) is 9.47 Å². The molecule has 0 aliphatic rings. The molecule has 0 N–H and O–H groups in total. The first-order valence-electron chi connectivity index (χ1n) is 25.3. The van der Waals surface area contributed by atoms with Crippen LogP contribution in [0.15, 0.2) is 24.3 Å². The Morgan fingerprint density at radius 2 is 0.900 bits per heavy atom. The van der Waals surface area contributed by atoms with Gasteiger partial charge in [-0.2, -0.15) is 0 Å². The zero-order valence-electron chi connectivity index (χ0n) is 41.5. The standard InChI is InChI=1S/C53H100NO5P/c1-11-15-33-47(34-16-12-2)37-27-29-41-58-49(55)39-25-21-19-23-31-43-60(51(57)53(7,8)45-52(5,6)46-54(9)10)44-32-24-20-22-26-40-50(56)59-42-30-28-38-48(35-17-13-3)36-18-14-4/h27-30,47-48H,11-26,31-46H2,1-10H3. The maximum Gasteiger partial charge on any atom is 0.306 e. The highest BCUT2D eigenvalue weighted by molar-refractivity contribution is 7.74. The van der Waals surface area contributed by atoms with Gasteiger partial charge in [0.1, 0.15) is 13.2 Å². The topological polar surface area (TPSA) is 72.9 Å². The molecular formula is C53H100NO5P. The fraction of sp³-hybridized carbons (Fsp3) is 0.868. The molecule has 0 radical (unpaired) electrons. The van der Waals surface area contributed by atoms with Gasteiger partial charge >= 0.3 is 11.9 Å². The molecule has 0 atom stereocenters. The Morgan fingerprint density at radius 3 is 1.27 bits per heavy atom. The summed E-state index contributed by atoms with van der Waals surface area (Å²) < 4.78 is 11.0. The van der Waals surface area contributed by atoms with E-state index in [1.807, 2.05) is 12.2 Å². The quantitative estimate of drug-likeness (QED) is 0.0263. The van der Waals surface area contributed by atoms with Gasteiger partial charge in [0.05, 0.1) is 0 Å². The molecule has 6 nitrogen and oxygen atoms in total. The molecule has 60 heavy (non-hydrogen) atoms. The minimum Gasteiger partial charge on any atom is -0.461 e. The maximum absolute atomic E-state index is 14.2. The summed E-state index contributed by atoms with van der Waals surface area (Å²) in [4.78, 5) is 41.1. The van der Waals surface area contributed by atoms with Crippen molar-refractivity contribution in [1.29, 1.82) is 0 Å². The molecule has 0 aliphatic heterocycles. The van der Waals surface area contributed by atoms with Crippen molar-refractivity contribution in [2.75, 3.05) is 46.2 Å². The van der Waals surface area contributed by atoms with Gasteiger partial charge in [-0.1, -0.05) is 195 Å². The van der Waals surface area contributed by atoms with Crippen molar-refractivity contribution in [3.63, 3.8) is 0 Å². The lowest BCUT2D eigenvalue weighted by atomic mass is 9.75. The second-order valence-corrected chi connectivity index (χ2v) is 22.3. The molecule has 0 rings (SSSR count). The molecule has 0 saturated carbocycles. The van der Waals surface area contributed by atoms with Crippen molar-refractivity contribution in [1.82, 2.24) is 4.90 Å². The zero-order valence-corrected chi connectivity index (χ0v) is 42.4. The molecule has 0 fully saturated rings. The van der Waals surface area contributed by atoms with Crippen molar-refractivity contribution in [3.05, 3.63) is 24.3 Å². The Labute approximate surface area is 374 Å². The van der Waals surface area contributed by atoms with Crippen molar-refractivity contribution in [2.45, 2.75) is 229 Å². The predicted octanol–water partition coefficient (Wildman–Crippen LogP) is 15.7. The Balaban J connectivity index is 4.70. The third-order valence-corrected chi connectivity index (χ3v) is 14.9. The van der Waals surface area contributed by atoms with Gasteiger partial charge in [-0.05, 0) is 96.5 Å². The van der Waals surface area contributed by atoms with Crippen LogP contribution in [0, 0.1) is 22.7 Å². The number of ether oxygens (including phenoxy) is 2. The minimum absolute atomic E-state index is 0.0651. The Hall–Kier alpha value is -1.52. The third-order valence-electron chi connectivity index (χ3n) is 12.0. The Morgan fingerprint density at radius 1 is 0.533 bits per heavy atom. The van der Waals surface area contributed by atoms with Gasteiger partial charge < -0.3 is 14.4 Å². The van der Waals surface area contributed by atoms with Crippen LogP contribution in [0.3, 0.4) is 0 Å². The van der Waals surface area contributed by atoms with Crippen molar-refractivity contribution in [3.8, 4) is 0 Å². The summed E-state index contributed by atoms with van der Waals surface area (Å²) in [5, 5.41) is 0. The molecule has 0 unspecified atom stereocenters. The number of hydrogen-bond acceptors (Lipinski definition) is 6. The summed E-state index contributed by atoms with van der Waals surface area (Å²) in [7, 11) is 3.52. The van der Waals surface area contributed by atoms with Crippen LogP contribution in [0.25, 0.3) is 0 Å². The number of carbonyl (C=O) groups excluding carboxylic acids is 3. The average Bonchev–Trinajstić information content (AvgIpc) is 3.19. The van der Waals surface area contributed by atoms with Crippen LogP contribution in [-0.4, -0.2) is 68.5 Å². The highest BCUT2D eigenvalue weighted by Gasteiger charge is 2.38. The van der Waals surface area contributed by atoms with E-state index in [-0.39, 0.29) is 22.8 Å². The first kappa shape index (κ1) is 58.5. The first-order chi connectivity index (χ1) is 28.7. The fourth-order valence-electron chi connectivity index (χ4n) is 9.00. The largest absolute Gasteiger partial charge is 0.461 e. The molecule has 0 saturated heterocycles. The molecule has 0 spiro atoms. The van der Waals surface area contributed by atoms with E-state index >= 15 is 0 Å². The van der Waals surface area contributed by atoms with Crippen LogP contribution in [0.2, 0.25) is 0 Å². The SMILES string of the molecule is CCCCC(CC=CCOC(=O)CCCCCCCP(CCCCCCCC(=O)OCC=CCC(CCCC)CCCC)C(=O)C(C)(C)CC(C)(C)CN(C)C)CCCC. The first-order valence-corrected chi connectivity index (χ1v) is 27.0. The lowest BCUT2D eigenvalue weighted by molar-refractivity contribution is -0.143. The van der Waals surface area contributed by atoms with Crippen molar-refractivity contribution < 1.29 is 23.9 Å². The number of unbranched alkanes of at least 4 members (excludes halogenated alkanes) is 12. The van der Waals surface area contributed by atoms with E-state index in [1.165, 1.54) is 77.0 Å². The van der Waals surface area contributed by atoms with E-state index in [0.717, 1.165) is 114 Å². The summed E-state index contributed by atoms with van der Waals surface area (Å²) >= 11 is 0. The number of esters is 2. The number of hydrogen-bond donors (Lipinski definition) is 0. The zero-order chi connectivity index (χ0) is 44.9. The number of nitrogens with zero attached hydrogens (tertiary/aromatic N) is 1. The predicted molar refractivity (Wildman–Crippen MR) is 262 cm³/mol. The molecule has 0 aromatic rings. The molecule has 0 aromatic carbocycles. The summed E-state index contributed by atoms with van der Waals surface area (Å²) in [5.41, 5.74) is 0.219. The van der Waals surface area contributed by atoms with E-state index in [0.29, 0.717) is 31.6 Å². The smallest absolute Gasteiger partial charge is 0.306 e. The van der Waals surface area contributed by atoms with Crippen LogP contribution in [0.1, 0.15) is 229 Å². The molecule has 0 aliphatic carbocycles. The van der Waals surface area contributed by atoms with E-state index in [2.05, 4.69) is 86.5 Å². The lowest BCUT2D eigenvalue weighted by Gasteiger charge is -2.37. The number of rotatable bonds is 42. The van der Waals surface area contributed by atoms with Gasteiger partial charge in [-0.25, -0.2) is 0 Å². The molecule has 0 bridgehead atoms. The summed E-state index contributed by atoms with van der Waals surface area (Å²) in [6.07, 6.45) is 40.3. The third kappa shape index (κ3) is 34.0. The number of allylic oxidation sites excluding steroid dienone is 2. The van der Waals surface area contributed by atoms with Gasteiger partial charge in [0, 0.05) is 24.8 Å². The van der Waals surface area contributed by atoms with Gasteiger partial charge in [0.25, 0.3) is 0 Å². The lowest BCUT2D eigenvalue weighted by Crippen LogP contribution is -2.36. The summed E-state index contributed by atoms with van der Waals surface area (Å²) in [5.74, 6) is 1.33. The van der Waals surface area contributed by atoms with Crippen LogP contribution in [-0.2, 0) is 23.9 Å². The molecule has 0 amide bonds. The van der Waals surface area contributed by atoms with E-state index < -0.39 is 7.92 Å². The molecule has 7 heteroatoms. The van der Waals surface area contributed by atoms with Crippen molar-refractivity contribution in [2.24, 2.45) is 22.7 Å². The van der Waals surface area contributed by atoms with Crippen LogP contribution < -0.4 is 0 Å². The summed E-state index contributed by atoms with van der Waals surface area (Å²) in [6, 6.07) is 0. The van der Waals surface area contributed by atoms with Crippen LogP contribution >= 0.6 is 7.92 Å². The highest BCUT2D eigenvalue weighted by atomic mass is 31.1. The Bertz CT molecular complexity index is 1040. The number of carbonyl (C=O) groups is 3. The molecular weight excluding hydrogens is 762 g/mol. The van der Waals surface area contributed by atoms with Crippen LogP contribution in [0.4, 0.5) is 0 Å². The molecule has 0 aromatic heterocycles.